The topological polar surface area (TPSA) is 118 Å². The van der Waals surface area contributed by atoms with Gasteiger partial charge in [-0.15, -0.1) is 0 Å². The van der Waals surface area contributed by atoms with Gasteiger partial charge in [0.05, 0.1) is 23.2 Å². The molecule has 1 aromatic carbocycles. The van der Waals surface area contributed by atoms with Crippen molar-refractivity contribution in [2.75, 3.05) is 24.4 Å². The number of methoxy groups -OCH3 is 1. The fraction of sp³-hybridized carbons (Fsp3) is 0.250. The molecule has 3 N–H and O–H groups in total. The third kappa shape index (κ3) is 3.83. The van der Waals surface area contributed by atoms with Crippen LogP contribution in [-0.2, 0) is 4.74 Å². The maximum absolute atomic E-state index is 11.3. The number of aromatic nitrogens is 3. The van der Waals surface area contributed by atoms with Gasteiger partial charge < -0.3 is 15.4 Å². The van der Waals surface area contributed by atoms with E-state index in [2.05, 4.69) is 25.8 Å². The van der Waals surface area contributed by atoms with Crippen LogP contribution in [0.15, 0.2) is 36.5 Å². The molecule has 130 valence electrons. The van der Waals surface area contributed by atoms with Gasteiger partial charge in [-0.1, -0.05) is 0 Å². The van der Waals surface area contributed by atoms with Crippen LogP contribution in [0.2, 0.25) is 0 Å². The summed E-state index contributed by atoms with van der Waals surface area (Å²) in [5.41, 5.74) is 1.47. The number of anilines is 3. The van der Waals surface area contributed by atoms with Gasteiger partial charge in [0.2, 0.25) is 5.82 Å². The van der Waals surface area contributed by atoms with Gasteiger partial charge in [0.25, 0.3) is 0 Å². The Kier molecular flexibility index (Phi) is 4.75. The van der Waals surface area contributed by atoms with Crippen LogP contribution in [0.4, 0.5) is 23.0 Å². The number of nitrogens with zero attached hydrogens (tertiary/aromatic N) is 3. The van der Waals surface area contributed by atoms with E-state index in [9.17, 15) is 10.1 Å². The molecule has 0 spiro atoms. The number of fused-ring (bicyclic) bond motifs is 1. The number of hydrogen-bond donors (Lipinski definition) is 3. The SMILES string of the molecule is COCC(C)Nc1ccc([N+](=O)[O-])c(Nc2ccc3[nH]ncc3c2)n1. The van der Waals surface area contributed by atoms with Crippen LogP contribution in [0.25, 0.3) is 10.9 Å². The van der Waals surface area contributed by atoms with Gasteiger partial charge in [-0.05, 0) is 31.2 Å². The number of nitrogens with one attached hydrogen (secondary N) is 3. The Hall–Kier alpha value is -3.20. The van der Waals surface area contributed by atoms with Gasteiger partial charge in [0.15, 0.2) is 0 Å². The minimum absolute atomic E-state index is 0.0223. The first-order valence-electron chi connectivity index (χ1n) is 7.68. The van der Waals surface area contributed by atoms with E-state index in [1.54, 1.807) is 25.4 Å². The molecule has 0 saturated heterocycles. The molecule has 9 nitrogen and oxygen atoms in total. The van der Waals surface area contributed by atoms with Crippen molar-refractivity contribution in [1.82, 2.24) is 15.2 Å². The Morgan fingerprint density at radius 1 is 1.36 bits per heavy atom. The third-order valence-corrected chi connectivity index (χ3v) is 3.58. The molecule has 9 heteroatoms. The molecule has 0 aliphatic carbocycles. The van der Waals surface area contributed by atoms with E-state index in [4.69, 9.17) is 4.74 Å². The molecule has 0 radical (unpaired) electrons. The first kappa shape index (κ1) is 16.7. The summed E-state index contributed by atoms with van der Waals surface area (Å²) >= 11 is 0. The van der Waals surface area contributed by atoms with E-state index in [0.717, 1.165) is 10.9 Å². The highest BCUT2D eigenvalue weighted by Gasteiger charge is 2.17. The number of ether oxygens (including phenoxy) is 1. The summed E-state index contributed by atoms with van der Waals surface area (Å²) < 4.78 is 5.07. The molecule has 0 fully saturated rings. The van der Waals surface area contributed by atoms with Crippen LogP contribution in [0, 0.1) is 10.1 Å². The van der Waals surface area contributed by atoms with Crippen molar-refractivity contribution in [2.24, 2.45) is 0 Å². The van der Waals surface area contributed by atoms with Gasteiger partial charge in [-0.2, -0.15) is 5.10 Å². The molecule has 1 atom stereocenters. The third-order valence-electron chi connectivity index (χ3n) is 3.58. The minimum Gasteiger partial charge on any atom is -0.383 e. The molecule has 0 bridgehead atoms. The highest BCUT2D eigenvalue weighted by molar-refractivity contribution is 5.83. The minimum atomic E-state index is -0.464. The molecule has 0 aliphatic heterocycles. The predicted molar refractivity (Wildman–Crippen MR) is 95.2 cm³/mol. The van der Waals surface area contributed by atoms with E-state index in [1.165, 1.54) is 6.07 Å². The lowest BCUT2D eigenvalue weighted by Gasteiger charge is -2.14. The zero-order valence-corrected chi connectivity index (χ0v) is 13.8. The average molecular weight is 342 g/mol. The molecule has 1 unspecified atom stereocenters. The van der Waals surface area contributed by atoms with Crippen molar-refractivity contribution in [3.05, 3.63) is 46.6 Å². The summed E-state index contributed by atoms with van der Waals surface area (Å²) in [6.07, 6.45) is 1.69. The van der Waals surface area contributed by atoms with Crippen molar-refractivity contribution in [1.29, 1.82) is 0 Å². The van der Waals surface area contributed by atoms with Crippen molar-refractivity contribution in [3.8, 4) is 0 Å². The van der Waals surface area contributed by atoms with Gasteiger partial charge in [0, 0.05) is 30.3 Å². The van der Waals surface area contributed by atoms with Crippen LogP contribution < -0.4 is 10.6 Å². The molecule has 2 heterocycles. The first-order chi connectivity index (χ1) is 12.1. The second kappa shape index (κ2) is 7.14. The summed E-state index contributed by atoms with van der Waals surface area (Å²) in [5, 5.41) is 25.2. The maximum atomic E-state index is 11.3. The van der Waals surface area contributed by atoms with Crippen molar-refractivity contribution >= 4 is 33.9 Å². The van der Waals surface area contributed by atoms with Crippen molar-refractivity contribution < 1.29 is 9.66 Å². The van der Waals surface area contributed by atoms with Crippen molar-refractivity contribution in [3.63, 3.8) is 0 Å². The van der Waals surface area contributed by atoms with Gasteiger partial charge in [0.1, 0.15) is 5.82 Å². The van der Waals surface area contributed by atoms with Crippen LogP contribution in [0.5, 0.6) is 0 Å². The van der Waals surface area contributed by atoms with Gasteiger partial charge in [-0.25, -0.2) is 4.98 Å². The Balaban J connectivity index is 1.89. The predicted octanol–water partition coefficient (Wildman–Crippen LogP) is 3.06. The number of pyridine rings is 1. The highest BCUT2D eigenvalue weighted by Crippen LogP contribution is 2.28. The van der Waals surface area contributed by atoms with E-state index in [-0.39, 0.29) is 17.5 Å². The van der Waals surface area contributed by atoms with Crippen LogP contribution >= 0.6 is 0 Å². The number of rotatable bonds is 7. The van der Waals surface area contributed by atoms with E-state index in [1.807, 2.05) is 19.1 Å². The number of H-pyrrole nitrogens is 1. The van der Waals surface area contributed by atoms with Gasteiger partial charge in [-0.3, -0.25) is 15.2 Å². The Morgan fingerprint density at radius 3 is 2.96 bits per heavy atom. The number of benzene rings is 1. The summed E-state index contributed by atoms with van der Waals surface area (Å²) in [7, 11) is 1.61. The first-order valence-corrected chi connectivity index (χ1v) is 7.68. The summed E-state index contributed by atoms with van der Waals surface area (Å²) in [6, 6.07) is 8.52. The maximum Gasteiger partial charge on any atom is 0.311 e. The molecule has 3 rings (SSSR count). The monoisotopic (exact) mass is 342 g/mol. The molecule has 3 aromatic rings. The Labute approximate surface area is 143 Å². The number of aromatic amines is 1. The molecular weight excluding hydrogens is 324 g/mol. The normalized spacial score (nSPS) is 12.1. The van der Waals surface area contributed by atoms with Crippen LogP contribution in [0.1, 0.15) is 6.92 Å². The molecule has 0 saturated carbocycles. The molecule has 0 aliphatic rings. The Bertz CT molecular complexity index is 894. The molecule has 25 heavy (non-hydrogen) atoms. The second-order valence-electron chi connectivity index (χ2n) is 5.62. The zero-order valence-electron chi connectivity index (χ0n) is 13.8. The number of nitro groups is 1. The van der Waals surface area contributed by atoms with Crippen LogP contribution in [0.3, 0.4) is 0 Å². The van der Waals surface area contributed by atoms with E-state index >= 15 is 0 Å². The fourth-order valence-corrected chi connectivity index (χ4v) is 2.47. The quantitative estimate of drug-likeness (QED) is 0.446. The van der Waals surface area contributed by atoms with E-state index < -0.39 is 4.92 Å². The zero-order chi connectivity index (χ0) is 17.8. The lowest BCUT2D eigenvalue weighted by molar-refractivity contribution is -0.384. The fourth-order valence-electron chi connectivity index (χ4n) is 2.47. The molecule has 2 aromatic heterocycles. The summed E-state index contributed by atoms with van der Waals surface area (Å²) in [5.74, 6) is 0.699. The molecular formula is C16H18N6O3. The Morgan fingerprint density at radius 2 is 2.20 bits per heavy atom. The van der Waals surface area contributed by atoms with E-state index in [0.29, 0.717) is 18.1 Å². The summed E-state index contributed by atoms with van der Waals surface area (Å²) in [6.45, 7) is 2.44. The van der Waals surface area contributed by atoms with Crippen LogP contribution in [-0.4, -0.2) is 39.9 Å². The average Bonchev–Trinajstić information content (AvgIpc) is 3.02. The highest BCUT2D eigenvalue weighted by atomic mass is 16.6. The number of hydrogen-bond acceptors (Lipinski definition) is 7. The molecule has 0 amide bonds. The lowest BCUT2D eigenvalue weighted by Crippen LogP contribution is -2.21. The van der Waals surface area contributed by atoms with Gasteiger partial charge >= 0.3 is 5.69 Å². The second-order valence-corrected chi connectivity index (χ2v) is 5.62. The standard InChI is InChI=1S/C16H18N6O3/c1-10(9-25-2)18-15-6-5-14(22(23)24)16(20-15)19-12-3-4-13-11(7-12)8-17-21-13/h3-8,10H,9H2,1-2H3,(H,17,21)(H2,18,19,20). The van der Waals surface area contributed by atoms with Crippen molar-refractivity contribution in [2.45, 2.75) is 13.0 Å². The largest absolute Gasteiger partial charge is 0.383 e. The lowest BCUT2D eigenvalue weighted by atomic mass is 10.2. The smallest absolute Gasteiger partial charge is 0.311 e. The summed E-state index contributed by atoms with van der Waals surface area (Å²) in [4.78, 5) is 15.2.